The zero-order valence-corrected chi connectivity index (χ0v) is 33.9. The second-order valence-electron chi connectivity index (χ2n) is 15.7. The molecule has 0 saturated carbocycles. The molecule has 0 unspecified atom stereocenters. The summed E-state index contributed by atoms with van der Waals surface area (Å²) < 4.78 is 8.16. The van der Waals surface area contributed by atoms with Crippen LogP contribution in [0.15, 0.2) is 206 Å². The summed E-state index contributed by atoms with van der Waals surface area (Å²) in [5, 5.41) is 7.89. The number of fused-ring (bicyclic) bond motifs is 10. The molecule has 6 nitrogen and oxygen atoms in total. The Balaban J connectivity index is 1.38. The summed E-state index contributed by atoms with van der Waals surface area (Å²) in [6.07, 6.45) is 7.15. The zero-order valence-electron chi connectivity index (χ0n) is 33.1. The molecule has 0 radical (unpaired) electrons. The van der Waals surface area contributed by atoms with Gasteiger partial charge in [-0.1, -0.05) is 121 Å². The highest BCUT2D eigenvalue weighted by Gasteiger charge is 2.30. The second kappa shape index (κ2) is 13.4. The molecule has 0 aliphatic heterocycles. The molecular formula is C55H33N5OS. The van der Waals surface area contributed by atoms with Gasteiger partial charge < -0.3 is 13.7 Å². The number of para-hydroxylation sites is 6. The van der Waals surface area contributed by atoms with Gasteiger partial charge in [0.2, 0.25) is 4.74 Å². The Morgan fingerprint density at radius 2 is 0.694 bits per heavy atom. The van der Waals surface area contributed by atoms with Gasteiger partial charge in [0.05, 0.1) is 54.9 Å². The van der Waals surface area contributed by atoms with Crippen LogP contribution in [0, 0.1) is 0 Å². The fraction of sp³-hybridized carbons (Fsp3) is 0. The van der Waals surface area contributed by atoms with Gasteiger partial charge in [0.15, 0.2) is 0 Å². The number of hydrogen-bond acceptors (Lipinski definition) is 4. The van der Waals surface area contributed by atoms with Gasteiger partial charge in [-0.2, -0.15) is 0 Å². The minimum absolute atomic E-state index is 0.0321. The van der Waals surface area contributed by atoms with Crippen LogP contribution >= 0.6 is 11.3 Å². The predicted octanol–water partition coefficient (Wildman–Crippen LogP) is 13.7. The van der Waals surface area contributed by atoms with Crippen LogP contribution in [-0.2, 0) is 0 Å². The van der Waals surface area contributed by atoms with Crippen molar-refractivity contribution in [1.82, 2.24) is 23.7 Å². The highest BCUT2D eigenvalue weighted by Crippen LogP contribution is 2.49. The lowest BCUT2D eigenvalue weighted by atomic mass is 9.94. The van der Waals surface area contributed by atoms with Crippen LogP contribution in [0.1, 0.15) is 0 Å². The maximum absolute atomic E-state index is 15.3. The maximum Gasteiger partial charge on any atom is 0.241 e. The van der Waals surface area contributed by atoms with E-state index in [0.29, 0.717) is 5.56 Å². The molecule has 13 aromatic rings. The van der Waals surface area contributed by atoms with E-state index in [1.54, 1.807) is 12.4 Å². The molecule has 0 aliphatic carbocycles. The van der Waals surface area contributed by atoms with Crippen molar-refractivity contribution in [3.05, 3.63) is 210 Å². The number of nitrogens with zero attached hydrogens (tertiary/aromatic N) is 5. The lowest BCUT2D eigenvalue weighted by Gasteiger charge is -2.25. The Morgan fingerprint density at radius 1 is 0.355 bits per heavy atom. The van der Waals surface area contributed by atoms with Crippen LogP contribution in [0.2, 0.25) is 0 Å². The normalized spacial score (nSPS) is 11.9. The van der Waals surface area contributed by atoms with Gasteiger partial charge in [-0.25, -0.2) is 0 Å². The maximum atomic E-state index is 15.3. The van der Waals surface area contributed by atoms with Crippen molar-refractivity contribution in [3.63, 3.8) is 0 Å². The molecule has 0 amide bonds. The van der Waals surface area contributed by atoms with E-state index in [-0.39, 0.29) is 4.74 Å². The van der Waals surface area contributed by atoms with Gasteiger partial charge >= 0.3 is 0 Å². The van der Waals surface area contributed by atoms with Crippen molar-refractivity contribution in [2.24, 2.45) is 0 Å². The van der Waals surface area contributed by atoms with E-state index in [4.69, 9.17) is 0 Å². The Kier molecular flexibility index (Phi) is 7.52. The number of benzene rings is 7. The van der Waals surface area contributed by atoms with Crippen LogP contribution in [0.5, 0.6) is 0 Å². The van der Waals surface area contributed by atoms with Gasteiger partial charge in [0, 0.05) is 73.6 Å². The fourth-order valence-corrected chi connectivity index (χ4v) is 11.1. The molecule has 0 aliphatic rings. The van der Waals surface area contributed by atoms with Crippen LogP contribution in [-0.4, -0.2) is 23.7 Å². The number of hydrogen-bond donors (Lipinski definition) is 0. The first-order chi connectivity index (χ1) is 30.7. The van der Waals surface area contributed by atoms with Crippen molar-refractivity contribution in [2.45, 2.75) is 0 Å². The minimum atomic E-state index is -0.0321. The van der Waals surface area contributed by atoms with E-state index in [1.807, 2.05) is 36.7 Å². The third-order valence-corrected chi connectivity index (χ3v) is 13.5. The summed E-state index contributed by atoms with van der Waals surface area (Å²) in [5.74, 6) is 0. The highest BCUT2D eigenvalue weighted by molar-refractivity contribution is 7.17. The number of rotatable bonds is 5. The molecule has 7 aromatic carbocycles. The standard InChI is InChI=1S/C55H33N5OS/c61-55-51(35-27-31-57-32-28-35)50(34-25-29-56-30-26-34)42-33-49(58-43-19-7-1-13-36(43)37-14-2-8-20-44(37)58)52(59-45-21-9-3-15-38(45)39-16-4-10-22-46(39)59)53(54(42)62-55)60-47-23-11-5-17-40(47)41-18-6-12-24-48(41)60/h1-33H. The van der Waals surface area contributed by atoms with E-state index in [1.165, 1.54) is 22.1 Å². The van der Waals surface area contributed by atoms with Gasteiger partial charge in [-0.15, -0.1) is 0 Å². The van der Waals surface area contributed by atoms with Crippen LogP contribution in [0.25, 0.3) is 115 Å². The van der Waals surface area contributed by atoms with Gasteiger partial charge in [-0.05, 0) is 77.9 Å². The first-order valence-corrected chi connectivity index (χ1v) is 21.5. The number of pyridine rings is 2. The van der Waals surface area contributed by atoms with E-state index < -0.39 is 0 Å². The molecule has 13 rings (SSSR count). The zero-order chi connectivity index (χ0) is 40.9. The molecule has 290 valence electrons. The third kappa shape index (κ3) is 4.88. The second-order valence-corrected chi connectivity index (χ2v) is 16.7. The van der Waals surface area contributed by atoms with E-state index >= 15 is 4.79 Å². The average molecular weight is 812 g/mol. The van der Waals surface area contributed by atoms with Crippen LogP contribution in [0.3, 0.4) is 0 Å². The van der Waals surface area contributed by atoms with E-state index in [0.717, 1.165) is 98.5 Å². The minimum Gasteiger partial charge on any atom is -0.307 e. The molecule has 0 fully saturated rings. The summed E-state index contributed by atoms with van der Waals surface area (Å²) in [5.41, 5.74) is 12.6. The molecule has 0 saturated heterocycles. The topological polar surface area (TPSA) is 57.6 Å². The van der Waals surface area contributed by atoms with E-state index in [2.05, 4.69) is 175 Å². The Bertz CT molecular complexity index is 3850. The van der Waals surface area contributed by atoms with Crippen molar-refractivity contribution < 1.29 is 0 Å². The summed E-state index contributed by atoms with van der Waals surface area (Å²) in [6, 6.07) is 62.3. The fourth-order valence-electron chi connectivity index (χ4n) is 10.0. The lowest BCUT2D eigenvalue weighted by molar-refractivity contribution is 1.06. The molecule has 0 N–H and O–H groups in total. The molecule has 6 heterocycles. The highest BCUT2D eigenvalue weighted by atomic mass is 32.1. The molecule has 0 atom stereocenters. The smallest absolute Gasteiger partial charge is 0.241 e. The Hall–Kier alpha value is -8.13. The molecule has 62 heavy (non-hydrogen) atoms. The van der Waals surface area contributed by atoms with Crippen molar-refractivity contribution in [2.75, 3.05) is 0 Å². The van der Waals surface area contributed by atoms with Crippen molar-refractivity contribution in [3.8, 4) is 39.3 Å². The molecule has 0 bridgehead atoms. The molecular weight excluding hydrogens is 779 g/mol. The third-order valence-electron chi connectivity index (χ3n) is 12.5. The molecule has 0 spiro atoms. The van der Waals surface area contributed by atoms with Crippen LogP contribution < -0.4 is 4.74 Å². The van der Waals surface area contributed by atoms with Gasteiger partial charge in [-0.3, -0.25) is 14.8 Å². The van der Waals surface area contributed by atoms with Gasteiger partial charge in [0.1, 0.15) is 0 Å². The predicted molar refractivity (Wildman–Crippen MR) is 258 cm³/mol. The summed E-state index contributed by atoms with van der Waals surface area (Å²) in [4.78, 5) is 24.1. The summed E-state index contributed by atoms with van der Waals surface area (Å²) in [6.45, 7) is 0. The first kappa shape index (κ1) is 34.7. The Labute approximate surface area is 358 Å². The largest absolute Gasteiger partial charge is 0.307 e. The lowest BCUT2D eigenvalue weighted by Crippen LogP contribution is -2.12. The van der Waals surface area contributed by atoms with Crippen LogP contribution in [0.4, 0.5) is 0 Å². The van der Waals surface area contributed by atoms with Crippen molar-refractivity contribution >= 4 is 86.8 Å². The van der Waals surface area contributed by atoms with E-state index in [9.17, 15) is 0 Å². The SMILES string of the molecule is O=c1sc2c(-n3c4ccccc4c4ccccc43)c(-n3c4ccccc4c4ccccc43)c(-n3c4ccccc4c4ccccc43)cc2c(-c2ccncc2)c1-c1ccncc1. The molecule has 6 aromatic heterocycles. The monoisotopic (exact) mass is 811 g/mol. The quantitative estimate of drug-likeness (QED) is 0.174. The van der Waals surface area contributed by atoms with Crippen molar-refractivity contribution in [1.29, 1.82) is 0 Å². The first-order valence-electron chi connectivity index (χ1n) is 20.7. The summed E-state index contributed by atoms with van der Waals surface area (Å²) >= 11 is 1.31. The molecule has 7 heteroatoms. The summed E-state index contributed by atoms with van der Waals surface area (Å²) in [7, 11) is 0. The van der Waals surface area contributed by atoms with Gasteiger partial charge in [0.25, 0.3) is 0 Å². The average Bonchev–Trinajstić information content (AvgIpc) is 3.97. The Morgan fingerprint density at radius 3 is 1.10 bits per heavy atom. The number of aromatic nitrogens is 5.